The highest BCUT2D eigenvalue weighted by atomic mass is 79.9. The van der Waals surface area contributed by atoms with Gasteiger partial charge in [0.05, 0.1) is 19.0 Å². The number of para-hydroxylation sites is 1. The summed E-state index contributed by atoms with van der Waals surface area (Å²) in [5, 5.41) is 6.57. The molecule has 32 heavy (non-hydrogen) atoms. The highest BCUT2D eigenvalue weighted by molar-refractivity contribution is 9.10. The average Bonchev–Trinajstić information content (AvgIpc) is 2.80. The van der Waals surface area contributed by atoms with E-state index in [9.17, 15) is 9.59 Å². The fourth-order valence-electron chi connectivity index (χ4n) is 2.74. The van der Waals surface area contributed by atoms with Crippen molar-refractivity contribution in [3.8, 4) is 11.5 Å². The molecule has 0 radical (unpaired) electrons. The SMILES string of the molecule is COc1cc(C=NNC(=O)CC(=O)Nc2ccccc2Br)ccc1OCc1ccccc1. The summed E-state index contributed by atoms with van der Waals surface area (Å²) in [4.78, 5) is 24.0. The maximum atomic E-state index is 12.0. The van der Waals surface area contributed by atoms with Gasteiger partial charge < -0.3 is 14.8 Å². The largest absolute Gasteiger partial charge is 0.493 e. The van der Waals surface area contributed by atoms with Gasteiger partial charge in [-0.3, -0.25) is 9.59 Å². The molecule has 0 saturated heterocycles. The van der Waals surface area contributed by atoms with Gasteiger partial charge in [0.2, 0.25) is 11.8 Å². The molecule has 0 aliphatic rings. The fourth-order valence-corrected chi connectivity index (χ4v) is 3.12. The van der Waals surface area contributed by atoms with Crippen molar-refractivity contribution >= 4 is 39.6 Å². The first kappa shape index (κ1) is 23.0. The van der Waals surface area contributed by atoms with Gasteiger partial charge in [-0.15, -0.1) is 0 Å². The monoisotopic (exact) mass is 495 g/mol. The van der Waals surface area contributed by atoms with Crippen molar-refractivity contribution in [2.24, 2.45) is 5.10 Å². The first-order valence-corrected chi connectivity index (χ1v) is 10.6. The number of carbonyl (C=O) groups excluding carboxylic acids is 2. The minimum atomic E-state index is -0.527. The van der Waals surface area contributed by atoms with Crippen LogP contribution in [0.3, 0.4) is 0 Å². The van der Waals surface area contributed by atoms with E-state index in [4.69, 9.17) is 9.47 Å². The van der Waals surface area contributed by atoms with E-state index in [1.807, 2.05) is 36.4 Å². The van der Waals surface area contributed by atoms with E-state index in [0.717, 1.165) is 10.0 Å². The second kappa shape index (κ2) is 11.7. The second-order valence-corrected chi connectivity index (χ2v) is 7.54. The van der Waals surface area contributed by atoms with E-state index in [2.05, 4.69) is 31.8 Å². The number of carbonyl (C=O) groups is 2. The number of hydrogen-bond acceptors (Lipinski definition) is 5. The van der Waals surface area contributed by atoms with Gasteiger partial charge in [-0.05, 0) is 57.4 Å². The summed E-state index contributed by atoms with van der Waals surface area (Å²) < 4.78 is 11.9. The molecule has 3 aromatic rings. The van der Waals surface area contributed by atoms with Gasteiger partial charge in [0.1, 0.15) is 13.0 Å². The molecule has 0 fully saturated rings. The van der Waals surface area contributed by atoms with Gasteiger partial charge in [0.15, 0.2) is 11.5 Å². The fraction of sp³-hybridized carbons (Fsp3) is 0.125. The highest BCUT2D eigenvalue weighted by Crippen LogP contribution is 2.28. The van der Waals surface area contributed by atoms with Crippen LogP contribution in [-0.2, 0) is 16.2 Å². The van der Waals surface area contributed by atoms with Crippen LogP contribution < -0.4 is 20.2 Å². The minimum absolute atomic E-state index is 0.353. The van der Waals surface area contributed by atoms with E-state index in [0.29, 0.717) is 29.4 Å². The maximum absolute atomic E-state index is 12.0. The van der Waals surface area contributed by atoms with Gasteiger partial charge in [-0.1, -0.05) is 42.5 Å². The third-order valence-electron chi connectivity index (χ3n) is 4.30. The van der Waals surface area contributed by atoms with Crippen LogP contribution in [-0.4, -0.2) is 25.1 Å². The van der Waals surface area contributed by atoms with Gasteiger partial charge >= 0.3 is 0 Å². The first-order valence-electron chi connectivity index (χ1n) is 9.76. The van der Waals surface area contributed by atoms with Crippen LogP contribution in [0.5, 0.6) is 11.5 Å². The first-order chi connectivity index (χ1) is 15.5. The summed E-state index contributed by atoms with van der Waals surface area (Å²) in [5.74, 6) is 0.178. The number of rotatable bonds is 9. The Balaban J connectivity index is 1.51. The Labute approximate surface area is 194 Å². The van der Waals surface area contributed by atoms with Crippen molar-refractivity contribution in [3.05, 3.63) is 88.4 Å². The van der Waals surface area contributed by atoms with Crippen LogP contribution in [0.25, 0.3) is 0 Å². The molecule has 0 atom stereocenters. The predicted octanol–water partition coefficient (Wildman–Crippen LogP) is 4.52. The number of amides is 2. The zero-order valence-electron chi connectivity index (χ0n) is 17.4. The molecule has 3 aromatic carbocycles. The van der Waals surface area contributed by atoms with Crippen LogP contribution in [0.1, 0.15) is 17.5 Å². The number of hydrogen-bond donors (Lipinski definition) is 2. The van der Waals surface area contributed by atoms with Gasteiger partial charge in [0.25, 0.3) is 0 Å². The topological polar surface area (TPSA) is 89.0 Å². The lowest BCUT2D eigenvalue weighted by Crippen LogP contribution is -2.24. The Kier molecular flexibility index (Phi) is 8.39. The van der Waals surface area contributed by atoms with E-state index < -0.39 is 11.8 Å². The Morgan fingerprint density at radius 2 is 1.72 bits per heavy atom. The van der Waals surface area contributed by atoms with Crippen molar-refractivity contribution in [2.45, 2.75) is 13.0 Å². The normalized spacial score (nSPS) is 10.6. The molecule has 7 nitrogen and oxygen atoms in total. The molecule has 0 aromatic heterocycles. The highest BCUT2D eigenvalue weighted by Gasteiger charge is 2.10. The molecule has 8 heteroatoms. The van der Waals surface area contributed by atoms with Crippen LogP contribution in [0.2, 0.25) is 0 Å². The Morgan fingerprint density at radius 3 is 2.47 bits per heavy atom. The third kappa shape index (κ3) is 6.95. The number of benzene rings is 3. The molecule has 164 valence electrons. The Bertz CT molecular complexity index is 1100. The smallest absolute Gasteiger partial charge is 0.249 e. The van der Waals surface area contributed by atoms with Crippen molar-refractivity contribution in [1.82, 2.24) is 5.43 Å². The van der Waals surface area contributed by atoms with E-state index in [1.54, 1.807) is 43.5 Å². The second-order valence-electron chi connectivity index (χ2n) is 6.68. The molecule has 0 bridgehead atoms. The Hall–Kier alpha value is -3.65. The molecular weight excluding hydrogens is 474 g/mol. The third-order valence-corrected chi connectivity index (χ3v) is 4.99. The summed E-state index contributed by atoms with van der Waals surface area (Å²) in [5.41, 5.74) is 4.69. The molecule has 0 unspecified atom stereocenters. The molecule has 3 rings (SSSR count). The standard InChI is InChI=1S/C24H22BrN3O4/c1-31-22-13-18(11-12-21(22)32-16-17-7-3-2-4-8-17)15-26-28-24(30)14-23(29)27-20-10-6-5-9-19(20)25/h2-13,15H,14,16H2,1H3,(H,27,29)(H,28,30). The van der Waals surface area contributed by atoms with Crippen LogP contribution in [0.4, 0.5) is 5.69 Å². The number of anilines is 1. The average molecular weight is 496 g/mol. The summed E-state index contributed by atoms with van der Waals surface area (Å²) in [6.45, 7) is 0.419. The lowest BCUT2D eigenvalue weighted by atomic mass is 10.2. The zero-order chi connectivity index (χ0) is 22.8. The van der Waals surface area contributed by atoms with E-state index in [1.165, 1.54) is 6.21 Å². The molecule has 0 aliphatic heterocycles. The van der Waals surface area contributed by atoms with Gasteiger partial charge in [-0.25, -0.2) is 5.43 Å². The summed E-state index contributed by atoms with van der Waals surface area (Å²) >= 11 is 3.34. The molecule has 0 heterocycles. The van der Waals surface area contributed by atoms with Crippen LogP contribution in [0, 0.1) is 0 Å². The molecule has 2 N–H and O–H groups in total. The summed E-state index contributed by atoms with van der Waals surface area (Å²) in [6, 6.07) is 22.3. The maximum Gasteiger partial charge on any atom is 0.249 e. The summed E-state index contributed by atoms with van der Waals surface area (Å²) in [7, 11) is 1.55. The molecule has 2 amide bonds. The van der Waals surface area contributed by atoms with Crippen molar-refractivity contribution in [3.63, 3.8) is 0 Å². The number of methoxy groups -OCH3 is 1. The number of hydrazone groups is 1. The number of halogens is 1. The number of nitrogens with zero attached hydrogens (tertiary/aromatic N) is 1. The van der Waals surface area contributed by atoms with Crippen molar-refractivity contribution < 1.29 is 19.1 Å². The van der Waals surface area contributed by atoms with Crippen molar-refractivity contribution in [1.29, 1.82) is 0 Å². The number of ether oxygens (including phenoxy) is 2. The lowest BCUT2D eigenvalue weighted by Gasteiger charge is -2.11. The summed E-state index contributed by atoms with van der Waals surface area (Å²) in [6.07, 6.45) is 1.11. The molecule has 0 spiro atoms. The zero-order valence-corrected chi connectivity index (χ0v) is 19.0. The van der Waals surface area contributed by atoms with Crippen molar-refractivity contribution in [2.75, 3.05) is 12.4 Å². The van der Waals surface area contributed by atoms with E-state index >= 15 is 0 Å². The van der Waals surface area contributed by atoms with Crippen LogP contribution in [0.15, 0.2) is 82.4 Å². The molecule has 0 saturated carbocycles. The minimum Gasteiger partial charge on any atom is -0.493 e. The Morgan fingerprint density at radius 1 is 0.969 bits per heavy atom. The molecule has 0 aliphatic carbocycles. The van der Waals surface area contributed by atoms with E-state index in [-0.39, 0.29) is 6.42 Å². The lowest BCUT2D eigenvalue weighted by molar-refractivity contribution is -0.126. The number of nitrogens with one attached hydrogen (secondary N) is 2. The molecular formula is C24H22BrN3O4. The van der Waals surface area contributed by atoms with Gasteiger partial charge in [0, 0.05) is 4.47 Å². The van der Waals surface area contributed by atoms with Gasteiger partial charge in [-0.2, -0.15) is 5.10 Å². The van der Waals surface area contributed by atoms with Crippen LogP contribution >= 0.6 is 15.9 Å². The quantitative estimate of drug-likeness (QED) is 0.259. The predicted molar refractivity (Wildman–Crippen MR) is 127 cm³/mol.